The minimum Gasteiger partial charge on any atom is -0.367 e. The first-order valence-electron chi connectivity index (χ1n) is 9.36. The lowest BCUT2D eigenvalue weighted by atomic mass is 9.73. The first-order chi connectivity index (χ1) is 13.6. The van der Waals surface area contributed by atoms with Crippen molar-refractivity contribution in [3.63, 3.8) is 0 Å². The zero-order valence-corrected chi connectivity index (χ0v) is 16.8. The molecule has 2 heterocycles. The maximum absolute atomic E-state index is 13.7. The third-order valence-electron chi connectivity index (χ3n) is 6.02. The summed E-state index contributed by atoms with van der Waals surface area (Å²) >= 11 is 11.5. The molecule has 1 spiro atoms. The fourth-order valence-corrected chi connectivity index (χ4v) is 4.98. The Balaban J connectivity index is 1.57. The van der Waals surface area contributed by atoms with E-state index >= 15 is 0 Å². The number of ether oxygens (including phenoxy) is 1. The number of alkyl halides is 5. The van der Waals surface area contributed by atoms with E-state index < -0.39 is 40.0 Å². The molecule has 2 fully saturated rings. The molecular formula is C20H19Cl2F4NO2. The quantitative estimate of drug-likeness (QED) is 0.299. The van der Waals surface area contributed by atoms with Gasteiger partial charge in [0, 0.05) is 24.9 Å². The van der Waals surface area contributed by atoms with Gasteiger partial charge < -0.3 is 10.1 Å². The lowest BCUT2D eigenvalue weighted by molar-refractivity contribution is -0.120. The Kier molecular flexibility index (Phi) is 5.47. The van der Waals surface area contributed by atoms with Crippen LogP contribution in [-0.2, 0) is 9.53 Å². The Morgan fingerprint density at radius 3 is 2.66 bits per heavy atom. The van der Waals surface area contributed by atoms with E-state index in [-0.39, 0.29) is 17.1 Å². The Labute approximate surface area is 175 Å². The van der Waals surface area contributed by atoms with Gasteiger partial charge in [0.2, 0.25) is 0 Å². The van der Waals surface area contributed by atoms with E-state index in [9.17, 15) is 22.4 Å². The van der Waals surface area contributed by atoms with Crippen LogP contribution in [0.3, 0.4) is 0 Å². The summed E-state index contributed by atoms with van der Waals surface area (Å²) in [5.41, 5.74) is -0.682. The van der Waals surface area contributed by atoms with Crippen LogP contribution in [0.2, 0.25) is 0 Å². The largest absolute Gasteiger partial charge is 0.417 e. The molecule has 2 aliphatic heterocycles. The second-order valence-electron chi connectivity index (χ2n) is 7.89. The van der Waals surface area contributed by atoms with Crippen molar-refractivity contribution >= 4 is 29.0 Å². The zero-order chi connectivity index (χ0) is 21.0. The van der Waals surface area contributed by atoms with Gasteiger partial charge in [0.15, 0.2) is 12.0 Å². The molecule has 2 saturated heterocycles. The van der Waals surface area contributed by atoms with Crippen molar-refractivity contribution in [3.05, 3.63) is 46.1 Å². The summed E-state index contributed by atoms with van der Waals surface area (Å²) in [6.45, 7) is 1.92. The van der Waals surface area contributed by atoms with Crippen LogP contribution in [0.1, 0.15) is 12.8 Å². The Bertz CT molecular complexity index is 842. The standard InChI is InChI=1S/C20H19Cl2F4NO2/c21-15-4-11(5-16(22)18(15)23)14(20(24,25)26)6-17(28)10-1-2-13-12(3-10)7-29-19(13)8-27-9-19/h2,4-6,10,12,15,18,27H,1,3,7-9H2/b14-6-. The molecule has 0 amide bonds. The highest BCUT2D eigenvalue weighted by Gasteiger charge is 2.51. The molecule has 0 bridgehead atoms. The van der Waals surface area contributed by atoms with Crippen LogP contribution in [-0.4, -0.2) is 48.8 Å². The maximum Gasteiger partial charge on any atom is 0.417 e. The summed E-state index contributed by atoms with van der Waals surface area (Å²) in [5.74, 6) is -1.12. The second kappa shape index (κ2) is 7.52. The molecule has 0 saturated carbocycles. The number of allylic oxidation sites excluding steroid dienone is 7. The van der Waals surface area contributed by atoms with E-state index in [1.165, 1.54) is 0 Å². The summed E-state index contributed by atoms with van der Waals surface area (Å²) < 4.78 is 60.5. The third-order valence-corrected chi connectivity index (χ3v) is 6.68. The molecular weight excluding hydrogens is 433 g/mol. The monoisotopic (exact) mass is 451 g/mol. The van der Waals surface area contributed by atoms with Crippen molar-refractivity contribution in [2.45, 2.75) is 36.2 Å². The minimum atomic E-state index is -4.80. The van der Waals surface area contributed by atoms with E-state index in [1.807, 2.05) is 6.08 Å². The van der Waals surface area contributed by atoms with Crippen molar-refractivity contribution in [2.75, 3.05) is 19.7 Å². The Morgan fingerprint density at radius 1 is 1.34 bits per heavy atom. The molecule has 4 atom stereocenters. The van der Waals surface area contributed by atoms with Crippen LogP contribution in [0.15, 0.2) is 46.1 Å². The molecule has 29 heavy (non-hydrogen) atoms. The van der Waals surface area contributed by atoms with Gasteiger partial charge in [-0.1, -0.05) is 23.8 Å². The highest BCUT2D eigenvalue weighted by Crippen LogP contribution is 2.45. The summed E-state index contributed by atoms with van der Waals surface area (Å²) in [5, 5.41) is 1.43. The van der Waals surface area contributed by atoms with Crippen LogP contribution >= 0.6 is 23.2 Å². The van der Waals surface area contributed by atoms with Gasteiger partial charge in [0.25, 0.3) is 0 Å². The number of carbonyl (C=O) groups excluding carboxylic acids is 1. The first kappa shape index (κ1) is 21.1. The number of carbonyl (C=O) groups is 1. The maximum atomic E-state index is 13.7. The van der Waals surface area contributed by atoms with E-state index in [0.29, 0.717) is 25.5 Å². The van der Waals surface area contributed by atoms with Gasteiger partial charge in [0.05, 0.1) is 22.6 Å². The number of hydrogen-bond acceptors (Lipinski definition) is 3. The lowest BCUT2D eigenvalue weighted by Gasteiger charge is -2.41. The van der Waals surface area contributed by atoms with Gasteiger partial charge in [0.1, 0.15) is 5.60 Å². The van der Waals surface area contributed by atoms with E-state index in [0.717, 1.165) is 30.8 Å². The summed E-state index contributed by atoms with van der Waals surface area (Å²) in [6.07, 6.45) is -1.37. The van der Waals surface area contributed by atoms with E-state index in [2.05, 4.69) is 5.32 Å². The van der Waals surface area contributed by atoms with Crippen molar-refractivity contribution in [1.29, 1.82) is 0 Å². The zero-order valence-electron chi connectivity index (χ0n) is 15.2. The Hall–Kier alpha value is -1.15. The summed E-state index contributed by atoms with van der Waals surface area (Å²) in [7, 11) is 0. The van der Waals surface area contributed by atoms with Crippen LogP contribution in [0.4, 0.5) is 17.6 Å². The van der Waals surface area contributed by atoms with Gasteiger partial charge in [-0.25, -0.2) is 4.39 Å². The third kappa shape index (κ3) is 3.82. The number of rotatable bonds is 3. The fourth-order valence-electron chi connectivity index (χ4n) is 4.39. The predicted octanol–water partition coefficient (Wildman–Crippen LogP) is 4.38. The molecule has 0 aromatic carbocycles. The average molecular weight is 452 g/mol. The van der Waals surface area contributed by atoms with Gasteiger partial charge >= 0.3 is 6.18 Å². The van der Waals surface area contributed by atoms with Gasteiger partial charge in [-0.05, 0) is 36.1 Å². The van der Waals surface area contributed by atoms with Crippen LogP contribution in [0.5, 0.6) is 0 Å². The van der Waals surface area contributed by atoms with E-state index in [1.54, 1.807) is 0 Å². The van der Waals surface area contributed by atoms with Crippen molar-refractivity contribution in [3.8, 4) is 0 Å². The summed E-state index contributed by atoms with van der Waals surface area (Å²) in [6, 6.07) is 0. The molecule has 2 aliphatic carbocycles. The number of fused-ring (bicyclic) bond motifs is 2. The van der Waals surface area contributed by atoms with Gasteiger partial charge in [-0.3, -0.25) is 4.79 Å². The number of halogens is 6. The molecule has 4 unspecified atom stereocenters. The molecule has 3 nitrogen and oxygen atoms in total. The molecule has 1 N–H and O–H groups in total. The molecule has 4 rings (SSSR count). The SMILES string of the molecule is O=C(/C=C(/C1=CC(Cl)C(F)C(Cl)=C1)C(F)(F)F)C1CC=C2C(COC23CNC3)C1. The Morgan fingerprint density at radius 2 is 2.07 bits per heavy atom. The van der Waals surface area contributed by atoms with Crippen molar-refractivity contribution < 1.29 is 27.1 Å². The first-order valence-corrected chi connectivity index (χ1v) is 10.2. The van der Waals surface area contributed by atoms with Crippen LogP contribution in [0.25, 0.3) is 0 Å². The molecule has 4 aliphatic rings. The molecule has 0 radical (unpaired) electrons. The fraction of sp³-hybridized carbons (Fsp3) is 0.550. The molecule has 9 heteroatoms. The molecule has 158 valence electrons. The van der Waals surface area contributed by atoms with E-state index in [4.69, 9.17) is 27.9 Å². The normalized spacial score (nSPS) is 34.1. The highest BCUT2D eigenvalue weighted by atomic mass is 35.5. The van der Waals surface area contributed by atoms with Gasteiger partial charge in [-0.2, -0.15) is 13.2 Å². The number of ketones is 1. The lowest BCUT2D eigenvalue weighted by Crippen LogP contribution is -2.60. The minimum absolute atomic E-state index is 0.0466. The second-order valence-corrected chi connectivity index (χ2v) is 8.83. The highest BCUT2D eigenvalue weighted by molar-refractivity contribution is 6.32. The van der Waals surface area contributed by atoms with Gasteiger partial charge in [-0.15, -0.1) is 11.6 Å². The molecule has 0 aromatic heterocycles. The smallest absolute Gasteiger partial charge is 0.367 e. The number of hydrogen-bond donors (Lipinski definition) is 1. The van der Waals surface area contributed by atoms with Crippen LogP contribution in [0, 0.1) is 11.8 Å². The van der Waals surface area contributed by atoms with Crippen molar-refractivity contribution in [2.24, 2.45) is 11.8 Å². The molecule has 0 aromatic rings. The number of nitrogens with one attached hydrogen (secondary N) is 1. The average Bonchev–Trinajstić information content (AvgIpc) is 3.01. The van der Waals surface area contributed by atoms with Crippen LogP contribution < -0.4 is 5.32 Å². The predicted molar refractivity (Wildman–Crippen MR) is 102 cm³/mol. The summed E-state index contributed by atoms with van der Waals surface area (Å²) in [4.78, 5) is 12.7. The van der Waals surface area contributed by atoms with Crippen molar-refractivity contribution in [1.82, 2.24) is 5.32 Å². The topological polar surface area (TPSA) is 38.3 Å².